The van der Waals surface area contributed by atoms with Crippen molar-refractivity contribution in [2.75, 3.05) is 5.32 Å². The number of benzene rings is 2. The summed E-state index contributed by atoms with van der Waals surface area (Å²) < 4.78 is 0. The fraction of sp³-hybridized carbons (Fsp3) is 0.400. The van der Waals surface area contributed by atoms with Crippen LogP contribution in [0.5, 0.6) is 0 Å². The third kappa shape index (κ3) is 9.01. The topological polar surface area (TPSA) is 70.6 Å². The van der Waals surface area contributed by atoms with Crippen molar-refractivity contribution < 1.29 is 9.59 Å². The van der Waals surface area contributed by atoms with E-state index in [1.54, 1.807) is 24.3 Å². The number of nitrogens with zero attached hydrogens (tertiary/aromatic N) is 1. The van der Waals surface area contributed by atoms with Crippen molar-refractivity contribution in [1.29, 1.82) is 0 Å². The van der Waals surface area contributed by atoms with Gasteiger partial charge in [0.1, 0.15) is 0 Å². The maximum absolute atomic E-state index is 12.4. The molecule has 0 saturated heterocycles. The number of hydrogen-bond donors (Lipinski definition) is 2. The number of rotatable bonds is 12. The van der Waals surface area contributed by atoms with Gasteiger partial charge in [0.25, 0.3) is 5.91 Å². The molecule has 32 heavy (non-hydrogen) atoms. The van der Waals surface area contributed by atoms with E-state index >= 15 is 0 Å². The van der Waals surface area contributed by atoms with E-state index < -0.39 is 0 Å². The van der Waals surface area contributed by atoms with Crippen LogP contribution in [0, 0.1) is 0 Å². The van der Waals surface area contributed by atoms with Crippen LogP contribution in [0.15, 0.2) is 47.6 Å². The Morgan fingerprint density at radius 2 is 1.56 bits per heavy atom. The number of carbonyl (C=O) groups excluding carboxylic acids is 2. The highest BCUT2D eigenvalue weighted by molar-refractivity contribution is 6.37. The van der Waals surface area contributed by atoms with Gasteiger partial charge < -0.3 is 5.32 Å². The van der Waals surface area contributed by atoms with Gasteiger partial charge in [0.2, 0.25) is 5.91 Å². The van der Waals surface area contributed by atoms with E-state index in [4.69, 9.17) is 23.2 Å². The van der Waals surface area contributed by atoms with Crippen LogP contribution >= 0.6 is 23.2 Å². The van der Waals surface area contributed by atoms with Crippen LogP contribution in [-0.2, 0) is 4.79 Å². The molecule has 2 aromatic carbocycles. The Morgan fingerprint density at radius 1 is 0.906 bits per heavy atom. The number of hydrazone groups is 1. The highest BCUT2D eigenvalue weighted by Gasteiger charge is 2.11. The maximum Gasteiger partial charge on any atom is 0.257 e. The zero-order chi connectivity index (χ0) is 23.3. The highest BCUT2D eigenvalue weighted by atomic mass is 35.5. The predicted octanol–water partition coefficient (Wildman–Crippen LogP) is 7.23. The van der Waals surface area contributed by atoms with Gasteiger partial charge in [-0.1, -0.05) is 80.8 Å². The molecule has 0 atom stereocenters. The lowest BCUT2D eigenvalue weighted by atomic mass is 10.1. The van der Waals surface area contributed by atoms with E-state index in [-0.39, 0.29) is 11.8 Å². The van der Waals surface area contributed by atoms with E-state index in [1.807, 2.05) is 19.1 Å². The second-order valence-electron chi connectivity index (χ2n) is 7.76. The Morgan fingerprint density at radius 3 is 2.22 bits per heavy atom. The van der Waals surface area contributed by atoms with Crippen molar-refractivity contribution in [3.63, 3.8) is 0 Å². The van der Waals surface area contributed by atoms with Crippen molar-refractivity contribution in [2.45, 2.75) is 65.2 Å². The van der Waals surface area contributed by atoms with Gasteiger partial charge in [0, 0.05) is 17.1 Å². The van der Waals surface area contributed by atoms with Crippen LogP contribution in [0.4, 0.5) is 5.69 Å². The summed E-state index contributed by atoms with van der Waals surface area (Å²) in [7, 11) is 0. The number of carbonyl (C=O) groups is 2. The maximum atomic E-state index is 12.4. The average molecular weight is 476 g/mol. The summed E-state index contributed by atoms with van der Waals surface area (Å²) in [6.07, 6.45) is 8.70. The van der Waals surface area contributed by atoms with Crippen LogP contribution in [-0.4, -0.2) is 17.5 Å². The first-order chi connectivity index (χ1) is 15.4. The van der Waals surface area contributed by atoms with Crippen LogP contribution in [0.25, 0.3) is 0 Å². The van der Waals surface area contributed by atoms with Crippen molar-refractivity contribution in [1.82, 2.24) is 5.43 Å². The second kappa shape index (κ2) is 13.9. The molecule has 0 fully saturated rings. The number of anilines is 1. The summed E-state index contributed by atoms with van der Waals surface area (Å²) in [5.74, 6) is -0.385. The average Bonchev–Trinajstić information content (AvgIpc) is 2.77. The van der Waals surface area contributed by atoms with E-state index in [9.17, 15) is 9.59 Å². The molecule has 0 radical (unpaired) electrons. The monoisotopic (exact) mass is 475 g/mol. The molecule has 0 unspecified atom stereocenters. The predicted molar refractivity (Wildman–Crippen MR) is 134 cm³/mol. The number of nitrogens with one attached hydrogen (secondary N) is 2. The Bertz CT molecular complexity index is 927. The van der Waals surface area contributed by atoms with Crippen molar-refractivity contribution in [3.05, 3.63) is 63.6 Å². The van der Waals surface area contributed by atoms with E-state index in [1.165, 1.54) is 38.2 Å². The van der Waals surface area contributed by atoms with E-state index in [0.29, 0.717) is 33.4 Å². The van der Waals surface area contributed by atoms with Crippen LogP contribution in [0.3, 0.4) is 0 Å². The summed E-state index contributed by atoms with van der Waals surface area (Å²) in [4.78, 5) is 24.4. The van der Waals surface area contributed by atoms with Crippen LogP contribution in [0.1, 0.15) is 81.1 Å². The first-order valence-corrected chi connectivity index (χ1v) is 11.9. The number of amides is 2. The van der Waals surface area contributed by atoms with Gasteiger partial charge in [-0.15, -0.1) is 0 Å². The van der Waals surface area contributed by atoms with Gasteiger partial charge in [-0.3, -0.25) is 9.59 Å². The van der Waals surface area contributed by atoms with E-state index in [2.05, 4.69) is 22.8 Å². The summed E-state index contributed by atoms with van der Waals surface area (Å²) >= 11 is 12.0. The molecule has 2 N–H and O–H groups in total. The first kappa shape index (κ1) is 25.9. The zero-order valence-corrected chi connectivity index (χ0v) is 20.2. The molecule has 7 heteroatoms. The molecule has 0 aliphatic carbocycles. The molecule has 0 saturated carbocycles. The van der Waals surface area contributed by atoms with Gasteiger partial charge in [-0.25, -0.2) is 5.43 Å². The van der Waals surface area contributed by atoms with Gasteiger partial charge >= 0.3 is 0 Å². The standard InChI is InChI=1S/C25H31Cl2N3O2/c1-3-4-5-6-7-8-9-10-24(31)30-29-18(2)19-11-14-21(15-12-19)28-25(32)22-16-13-20(26)17-23(22)27/h11-17H,3-10H2,1-2H3,(H,28,32)(H,30,31)/b29-18+. The van der Waals surface area contributed by atoms with Gasteiger partial charge in [0.05, 0.1) is 16.3 Å². The molecule has 5 nitrogen and oxygen atoms in total. The third-order valence-electron chi connectivity index (χ3n) is 5.09. The van der Waals surface area contributed by atoms with Crippen LogP contribution in [0.2, 0.25) is 10.0 Å². The molecular formula is C25H31Cl2N3O2. The number of halogens is 2. The van der Waals surface area contributed by atoms with Gasteiger partial charge in [-0.05, 0) is 49.2 Å². The Hall–Kier alpha value is -2.37. The molecule has 2 aromatic rings. The minimum atomic E-state index is -0.317. The fourth-order valence-corrected chi connectivity index (χ4v) is 3.67. The first-order valence-electron chi connectivity index (χ1n) is 11.1. The largest absolute Gasteiger partial charge is 0.322 e. The second-order valence-corrected chi connectivity index (χ2v) is 8.60. The summed E-state index contributed by atoms with van der Waals surface area (Å²) in [5, 5.41) is 7.76. The van der Waals surface area contributed by atoms with Crippen molar-refractivity contribution in [3.8, 4) is 0 Å². The summed E-state index contributed by atoms with van der Waals surface area (Å²) in [6, 6.07) is 11.9. The molecular weight excluding hydrogens is 445 g/mol. The molecule has 0 aromatic heterocycles. The normalized spacial score (nSPS) is 11.3. The third-order valence-corrected chi connectivity index (χ3v) is 5.64. The lowest BCUT2D eigenvalue weighted by Crippen LogP contribution is -2.18. The molecule has 2 amide bonds. The molecule has 2 rings (SSSR count). The quantitative estimate of drug-likeness (QED) is 0.193. The lowest BCUT2D eigenvalue weighted by molar-refractivity contribution is -0.121. The molecule has 172 valence electrons. The minimum absolute atomic E-state index is 0.0679. The molecule has 0 bridgehead atoms. The Labute approximate surface area is 200 Å². The lowest BCUT2D eigenvalue weighted by Gasteiger charge is -2.08. The SMILES string of the molecule is CCCCCCCCCC(=O)N/N=C(\C)c1ccc(NC(=O)c2ccc(Cl)cc2Cl)cc1. The number of hydrogen-bond acceptors (Lipinski definition) is 3. The zero-order valence-electron chi connectivity index (χ0n) is 18.7. The summed E-state index contributed by atoms with van der Waals surface area (Å²) in [6.45, 7) is 4.04. The van der Waals surface area contributed by atoms with Crippen LogP contribution < -0.4 is 10.7 Å². The molecule has 0 heterocycles. The minimum Gasteiger partial charge on any atom is -0.322 e. The Balaban J connectivity index is 1.79. The fourth-order valence-electron chi connectivity index (χ4n) is 3.18. The highest BCUT2D eigenvalue weighted by Crippen LogP contribution is 2.22. The number of unbranched alkanes of at least 4 members (excludes halogenated alkanes) is 6. The van der Waals surface area contributed by atoms with Crippen molar-refractivity contribution in [2.24, 2.45) is 5.10 Å². The Kier molecular flexibility index (Phi) is 11.3. The molecule has 0 spiro atoms. The molecule has 0 aliphatic heterocycles. The van der Waals surface area contributed by atoms with E-state index in [0.717, 1.165) is 18.4 Å². The molecule has 0 aliphatic rings. The van der Waals surface area contributed by atoms with Gasteiger partial charge in [0.15, 0.2) is 0 Å². The smallest absolute Gasteiger partial charge is 0.257 e. The van der Waals surface area contributed by atoms with Crippen molar-refractivity contribution >= 4 is 46.4 Å². The summed E-state index contributed by atoms with van der Waals surface area (Å²) in [5.41, 5.74) is 5.14. The van der Waals surface area contributed by atoms with Gasteiger partial charge in [-0.2, -0.15) is 5.10 Å².